The van der Waals surface area contributed by atoms with Crippen LogP contribution in [0.2, 0.25) is 0 Å². The lowest BCUT2D eigenvalue weighted by Gasteiger charge is -2.32. The minimum absolute atomic E-state index is 0. The van der Waals surface area contributed by atoms with Gasteiger partial charge in [-0.05, 0) is 38.1 Å². The zero-order valence-corrected chi connectivity index (χ0v) is 17.8. The van der Waals surface area contributed by atoms with Crippen molar-refractivity contribution in [1.82, 2.24) is 15.2 Å². The number of carbonyl (C=O) groups is 1. The Hall–Kier alpha value is -1.54. The van der Waals surface area contributed by atoms with Crippen LogP contribution in [0.5, 0.6) is 11.5 Å². The molecule has 2 aromatic rings. The van der Waals surface area contributed by atoms with Crippen LogP contribution in [0.25, 0.3) is 0 Å². The highest BCUT2D eigenvalue weighted by atomic mass is 35.5. The summed E-state index contributed by atoms with van der Waals surface area (Å²) in [6, 6.07) is 5.70. The third-order valence-corrected chi connectivity index (χ3v) is 5.02. The molecule has 9 heteroatoms. The molecule has 1 fully saturated rings. The van der Waals surface area contributed by atoms with Crippen molar-refractivity contribution in [3.8, 4) is 11.5 Å². The van der Waals surface area contributed by atoms with Gasteiger partial charge in [0.15, 0.2) is 11.5 Å². The van der Waals surface area contributed by atoms with Gasteiger partial charge in [0.2, 0.25) is 0 Å². The molecule has 1 aliphatic rings. The Morgan fingerprint density at radius 1 is 1.37 bits per heavy atom. The van der Waals surface area contributed by atoms with E-state index in [0.717, 1.165) is 31.6 Å². The number of benzene rings is 1. The fourth-order valence-electron chi connectivity index (χ4n) is 2.96. The molecule has 1 aromatic heterocycles. The number of halogens is 2. The average molecular weight is 434 g/mol. The van der Waals surface area contributed by atoms with Crippen LogP contribution >= 0.6 is 36.2 Å². The van der Waals surface area contributed by atoms with Crippen LogP contribution < -0.4 is 14.8 Å². The van der Waals surface area contributed by atoms with E-state index in [0.29, 0.717) is 29.7 Å². The summed E-state index contributed by atoms with van der Waals surface area (Å²) >= 11 is 1.53. The second-order valence-corrected chi connectivity index (χ2v) is 6.73. The Kier molecular flexibility index (Phi) is 9.87. The van der Waals surface area contributed by atoms with Crippen LogP contribution in [-0.4, -0.2) is 49.1 Å². The summed E-state index contributed by atoms with van der Waals surface area (Å²) in [4.78, 5) is 18.9. The van der Waals surface area contributed by atoms with Gasteiger partial charge in [0.05, 0.1) is 18.3 Å². The molecule has 1 amide bonds. The highest BCUT2D eigenvalue weighted by Gasteiger charge is 2.24. The Labute approximate surface area is 176 Å². The van der Waals surface area contributed by atoms with Gasteiger partial charge >= 0.3 is 0 Å². The van der Waals surface area contributed by atoms with E-state index in [1.165, 1.54) is 11.3 Å². The minimum Gasteiger partial charge on any atom is -0.493 e. The van der Waals surface area contributed by atoms with Gasteiger partial charge in [-0.15, -0.1) is 36.2 Å². The molecular formula is C18H25Cl2N3O3S. The topological polar surface area (TPSA) is 63.7 Å². The fraction of sp³-hybridized carbons (Fsp3) is 0.444. The number of amides is 1. The SMILES string of the molecule is CNC1CCCN(C(=O)c2ccc(OCc3cscn3)c(OC)c2)C1.Cl.Cl. The summed E-state index contributed by atoms with van der Waals surface area (Å²) in [6.07, 6.45) is 2.12. The van der Waals surface area contributed by atoms with Crippen molar-refractivity contribution in [2.45, 2.75) is 25.5 Å². The van der Waals surface area contributed by atoms with Gasteiger partial charge in [0.1, 0.15) is 6.61 Å². The molecule has 6 nitrogen and oxygen atoms in total. The summed E-state index contributed by atoms with van der Waals surface area (Å²) in [5.74, 6) is 1.20. The number of nitrogens with one attached hydrogen (secondary N) is 1. The first-order chi connectivity index (χ1) is 12.2. The van der Waals surface area contributed by atoms with E-state index in [1.807, 2.05) is 17.3 Å². The first-order valence-corrected chi connectivity index (χ1v) is 9.30. The van der Waals surface area contributed by atoms with Crippen molar-refractivity contribution < 1.29 is 14.3 Å². The normalized spacial score (nSPS) is 16.1. The van der Waals surface area contributed by atoms with Crippen LogP contribution in [0.1, 0.15) is 28.9 Å². The first-order valence-electron chi connectivity index (χ1n) is 8.35. The molecular weight excluding hydrogens is 409 g/mol. The van der Waals surface area contributed by atoms with Gasteiger partial charge in [0, 0.05) is 30.1 Å². The Morgan fingerprint density at radius 3 is 2.85 bits per heavy atom. The molecule has 1 N–H and O–H groups in total. The molecule has 1 saturated heterocycles. The minimum atomic E-state index is 0. The molecule has 1 unspecified atom stereocenters. The largest absolute Gasteiger partial charge is 0.493 e. The molecule has 3 rings (SSSR count). The number of likely N-dealkylation sites (tertiary alicyclic amines) is 1. The zero-order chi connectivity index (χ0) is 17.6. The molecule has 2 heterocycles. The molecule has 0 radical (unpaired) electrons. The molecule has 0 bridgehead atoms. The van der Waals surface area contributed by atoms with E-state index in [4.69, 9.17) is 9.47 Å². The Balaban J connectivity index is 0.00000182. The number of nitrogens with zero attached hydrogens (tertiary/aromatic N) is 2. The van der Waals surface area contributed by atoms with E-state index in [9.17, 15) is 4.79 Å². The summed E-state index contributed by atoms with van der Waals surface area (Å²) in [5.41, 5.74) is 3.27. The number of likely N-dealkylation sites (N-methyl/N-ethyl adjacent to an activating group) is 1. The summed E-state index contributed by atoms with van der Waals surface area (Å²) in [7, 11) is 3.52. The van der Waals surface area contributed by atoms with E-state index < -0.39 is 0 Å². The molecule has 1 atom stereocenters. The van der Waals surface area contributed by atoms with Crippen LogP contribution in [0, 0.1) is 0 Å². The molecule has 150 valence electrons. The van der Waals surface area contributed by atoms with E-state index in [1.54, 1.807) is 30.8 Å². The smallest absolute Gasteiger partial charge is 0.254 e. The van der Waals surface area contributed by atoms with Crippen molar-refractivity contribution in [2.24, 2.45) is 0 Å². The number of hydrogen-bond donors (Lipinski definition) is 1. The lowest BCUT2D eigenvalue weighted by molar-refractivity contribution is 0.0697. The molecule has 1 aliphatic heterocycles. The van der Waals surface area contributed by atoms with E-state index in [-0.39, 0.29) is 30.7 Å². The number of piperidine rings is 1. The van der Waals surface area contributed by atoms with E-state index >= 15 is 0 Å². The van der Waals surface area contributed by atoms with Crippen LogP contribution in [0.15, 0.2) is 29.1 Å². The first kappa shape index (κ1) is 23.5. The molecule has 1 aromatic carbocycles. The number of rotatable bonds is 6. The molecule has 27 heavy (non-hydrogen) atoms. The quantitative estimate of drug-likeness (QED) is 0.755. The lowest BCUT2D eigenvalue weighted by Crippen LogP contribution is -2.46. The van der Waals surface area contributed by atoms with Gasteiger partial charge in [-0.3, -0.25) is 4.79 Å². The van der Waals surface area contributed by atoms with Crippen molar-refractivity contribution in [3.63, 3.8) is 0 Å². The van der Waals surface area contributed by atoms with Gasteiger partial charge < -0.3 is 19.7 Å². The maximum atomic E-state index is 12.8. The van der Waals surface area contributed by atoms with Crippen molar-refractivity contribution in [1.29, 1.82) is 0 Å². The third-order valence-electron chi connectivity index (χ3n) is 4.39. The lowest BCUT2D eigenvalue weighted by atomic mass is 10.0. The predicted molar refractivity (Wildman–Crippen MR) is 112 cm³/mol. The van der Waals surface area contributed by atoms with Gasteiger partial charge in [-0.1, -0.05) is 0 Å². The third kappa shape index (κ3) is 5.97. The van der Waals surface area contributed by atoms with Gasteiger partial charge in [-0.25, -0.2) is 4.98 Å². The molecule has 0 saturated carbocycles. The second-order valence-electron chi connectivity index (χ2n) is 6.01. The van der Waals surface area contributed by atoms with Crippen LogP contribution in [0.4, 0.5) is 0 Å². The maximum Gasteiger partial charge on any atom is 0.254 e. The van der Waals surface area contributed by atoms with Gasteiger partial charge in [0.25, 0.3) is 5.91 Å². The molecule has 0 aliphatic carbocycles. The number of hydrogen-bond acceptors (Lipinski definition) is 6. The zero-order valence-electron chi connectivity index (χ0n) is 15.3. The Morgan fingerprint density at radius 2 is 2.19 bits per heavy atom. The highest BCUT2D eigenvalue weighted by molar-refractivity contribution is 7.07. The number of carbonyl (C=O) groups excluding carboxylic acids is 1. The fourth-order valence-corrected chi connectivity index (χ4v) is 3.50. The maximum absolute atomic E-state index is 12.8. The van der Waals surface area contributed by atoms with Crippen molar-refractivity contribution in [2.75, 3.05) is 27.2 Å². The standard InChI is InChI=1S/C18H23N3O3S.2ClH/c1-19-14-4-3-7-21(9-14)18(22)13-5-6-16(17(8-13)23-2)24-10-15-11-25-12-20-15;;/h5-6,8,11-12,14,19H,3-4,7,9-10H2,1-2H3;2*1H. The number of thiazole rings is 1. The highest BCUT2D eigenvalue weighted by Crippen LogP contribution is 2.29. The number of ether oxygens (including phenoxy) is 2. The number of methoxy groups -OCH3 is 1. The predicted octanol–water partition coefficient (Wildman–Crippen LogP) is 3.40. The number of aromatic nitrogens is 1. The van der Waals surface area contributed by atoms with Crippen molar-refractivity contribution >= 4 is 42.1 Å². The van der Waals surface area contributed by atoms with Crippen LogP contribution in [-0.2, 0) is 6.61 Å². The summed E-state index contributed by atoms with van der Waals surface area (Å²) < 4.78 is 11.2. The summed E-state index contributed by atoms with van der Waals surface area (Å²) in [5, 5.41) is 5.20. The summed E-state index contributed by atoms with van der Waals surface area (Å²) in [6.45, 7) is 1.91. The molecule has 0 spiro atoms. The monoisotopic (exact) mass is 433 g/mol. The average Bonchev–Trinajstić information content (AvgIpc) is 3.19. The van der Waals surface area contributed by atoms with Gasteiger partial charge in [-0.2, -0.15) is 0 Å². The Bertz CT molecular complexity index is 716. The van der Waals surface area contributed by atoms with E-state index in [2.05, 4.69) is 10.3 Å². The van der Waals surface area contributed by atoms with Crippen LogP contribution in [0.3, 0.4) is 0 Å². The second kappa shape index (κ2) is 11.3. The van der Waals surface area contributed by atoms with Crippen molar-refractivity contribution in [3.05, 3.63) is 40.3 Å².